The van der Waals surface area contributed by atoms with Gasteiger partial charge in [0.25, 0.3) is 0 Å². The van der Waals surface area contributed by atoms with Crippen molar-refractivity contribution < 1.29 is 14.3 Å². The van der Waals surface area contributed by atoms with E-state index in [9.17, 15) is 4.79 Å². The van der Waals surface area contributed by atoms with Crippen LogP contribution in [0.3, 0.4) is 0 Å². The molecule has 0 bridgehead atoms. The Morgan fingerprint density at radius 2 is 1.91 bits per heavy atom. The standard InChI is InChI=1S/C18H17NO3/c1-21-17-8-4-14(5-9-17)10-12-22-18(20)15-6-7-16-3-2-11-19(16)13-15/h2-9,11,13H,10,12H2,1H3. The van der Waals surface area contributed by atoms with Gasteiger partial charge in [-0.1, -0.05) is 12.1 Å². The van der Waals surface area contributed by atoms with Crippen molar-refractivity contribution in [3.8, 4) is 5.75 Å². The summed E-state index contributed by atoms with van der Waals surface area (Å²) >= 11 is 0. The van der Waals surface area contributed by atoms with E-state index in [4.69, 9.17) is 9.47 Å². The number of hydrogen-bond acceptors (Lipinski definition) is 3. The van der Waals surface area contributed by atoms with Gasteiger partial charge in [-0.2, -0.15) is 0 Å². The van der Waals surface area contributed by atoms with Gasteiger partial charge < -0.3 is 13.9 Å². The van der Waals surface area contributed by atoms with Crippen molar-refractivity contribution in [1.82, 2.24) is 4.40 Å². The Morgan fingerprint density at radius 3 is 2.68 bits per heavy atom. The lowest BCUT2D eigenvalue weighted by molar-refractivity contribution is 0.0508. The monoisotopic (exact) mass is 295 g/mol. The van der Waals surface area contributed by atoms with Crippen molar-refractivity contribution in [2.45, 2.75) is 6.42 Å². The predicted octanol–water partition coefficient (Wildman–Crippen LogP) is 3.35. The first-order valence-electron chi connectivity index (χ1n) is 7.13. The van der Waals surface area contributed by atoms with Crippen LogP contribution in [0.1, 0.15) is 15.9 Å². The van der Waals surface area contributed by atoms with Crippen molar-refractivity contribution in [3.63, 3.8) is 0 Å². The molecule has 0 fully saturated rings. The van der Waals surface area contributed by atoms with Gasteiger partial charge in [0.05, 0.1) is 19.3 Å². The van der Waals surface area contributed by atoms with Crippen LogP contribution in [0, 0.1) is 0 Å². The molecule has 0 saturated heterocycles. The highest BCUT2D eigenvalue weighted by Crippen LogP contribution is 2.12. The number of methoxy groups -OCH3 is 1. The lowest BCUT2D eigenvalue weighted by Crippen LogP contribution is -2.09. The largest absolute Gasteiger partial charge is 0.497 e. The van der Waals surface area contributed by atoms with Gasteiger partial charge in [-0.25, -0.2) is 4.79 Å². The lowest BCUT2D eigenvalue weighted by atomic mass is 10.1. The van der Waals surface area contributed by atoms with Gasteiger partial charge >= 0.3 is 5.97 Å². The van der Waals surface area contributed by atoms with E-state index in [-0.39, 0.29) is 5.97 Å². The zero-order valence-electron chi connectivity index (χ0n) is 12.4. The van der Waals surface area contributed by atoms with Crippen molar-refractivity contribution >= 4 is 11.5 Å². The van der Waals surface area contributed by atoms with Gasteiger partial charge in [-0.15, -0.1) is 0 Å². The highest BCUT2D eigenvalue weighted by Gasteiger charge is 2.08. The number of carbonyl (C=O) groups is 1. The fourth-order valence-electron chi connectivity index (χ4n) is 2.29. The van der Waals surface area contributed by atoms with E-state index in [0.717, 1.165) is 16.8 Å². The zero-order valence-corrected chi connectivity index (χ0v) is 12.4. The van der Waals surface area contributed by atoms with Crippen LogP contribution in [0.15, 0.2) is 60.9 Å². The lowest BCUT2D eigenvalue weighted by Gasteiger charge is -2.06. The van der Waals surface area contributed by atoms with Crippen LogP contribution >= 0.6 is 0 Å². The van der Waals surface area contributed by atoms with Crippen LogP contribution in [0.4, 0.5) is 0 Å². The molecule has 2 heterocycles. The smallest absolute Gasteiger partial charge is 0.339 e. The number of pyridine rings is 1. The number of hydrogen-bond donors (Lipinski definition) is 0. The second-order valence-electron chi connectivity index (χ2n) is 4.99. The van der Waals surface area contributed by atoms with Gasteiger partial charge in [-0.3, -0.25) is 0 Å². The number of fused-ring (bicyclic) bond motifs is 1. The van der Waals surface area contributed by atoms with E-state index in [1.807, 2.05) is 53.1 Å². The van der Waals surface area contributed by atoms with Gasteiger partial charge in [-0.05, 0) is 42.0 Å². The maximum absolute atomic E-state index is 12.0. The molecule has 0 aliphatic heterocycles. The number of rotatable bonds is 5. The maximum Gasteiger partial charge on any atom is 0.339 e. The van der Waals surface area contributed by atoms with Crippen molar-refractivity contribution in [2.75, 3.05) is 13.7 Å². The second-order valence-corrected chi connectivity index (χ2v) is 4.99. The Bertz CT molecular complexity index is 774. The number of nitrogens with zero attached hydrogens (tertiary/aromatic N) is 1. The molecule has 1 aromatic carbocycles. The Hall–Kier alpha value is -2.75. The summed E-state index contributed by atoms with van der Waals surface area (Å²) in [5.41, 5.74) is 2.71. The molecule has 22 heavy (non-hydrogen) atoms. The summed E-state index contributed by atoms with van der Waals surface area (Å²) in [4.78, 5) is 12.0. The van der Waals surface area contributed by atoms with Gasteiger partial charge in [0.15, 0.2) is 0 Å². The normalized spacial score (nSPS) is 10.6. The third-order valence-corrected chi connectivity index (χ3v) is 3.54. The van der Waals surface area contributed by atoms with Gasteiger partial charge in [0.2, 0.25) is 0 Å². The van der Waals surface area contributed by atoms with Gasteiger partial charge in [0.1, 0.15) is 5.75 Å². The maximum atomic E-state index is 12.0. The highest BCUT2D eigenvalue weighted by molar-refractivity contribution is 5.89. The Labute approximate surface area is 128 Å². The molecule has 4 heteroatoms. The van der Waals surface area contributed by atoms with E-state index in [1.165, 1.54) is 0 Å². The molecule has 0 amide bonds. The average molecular weight is 295 g/mol. The molecule has 0 saturated carbocycles. The molecule has 0 spiro atoms. The molecule has 112 valence electrons. The van der Waals surface area contributed by atoms with Crippen LogP contribution in [-0.4, -0.2) is 24.1 Å². The van der Waals surface area contributed by atoms with Crippen LogP contribution in [0.2, 0.25) is 0 Å². The topological polar surface area (TPSA) is 39.9 Å². The summed E-state index contributed by atoms with van der Waals surface area (Å²) in [5.74, 6) is 0.518. The van der Waals surface area contributed by atoms with Crippen molar-refractivity contribution in [1.29, 1.82) is 0 Å². The summed E-state index contributed by atoms with van der Waals surface area (Å²) in [6.45, 7) is 0.356. The minimum Gasteiger partial charge on any atom is -0.497 e. The minimum absolute atomic E-state index is 0.302. The van der Waals surface area contributed by atoms with E-state index in [2.05, 4.69) is 0 Å². The quantitative estimate of drug-likeness (QED) is 0.678. The molecule has 0 atom stereocenters. The molecular weight excluding hydrogens is 278 g/mol. The Kier molecular flexibility index (Phi) is 4.10. The van der Waals surface area contributed by atoms with Crippen LogP contribution in [-0.2, 0) is 11.2 Å². The molecule has 0 aliphatic carbocycles. The minimum atomic E-state index is -0.302. The Morgan fingerprint density at radius 1 is 1.09 bits per heavy atom. The first kappa shape index (κ1) is 14.2. The number of aromatic nitrogens is 1. The number of benzene rings is 1. The summed E-state index contributed by atoms with van der Waals surface area (Å²) in [7, 11) is 1.64. The first-order valence-corrected chi connectivity index (χ1v) is 7.13. The van der Waals surface area contributed by atoms with Crippen LogP contribution in [0.5, 0.6) is 5.75 Å². The molecule has 2 aromatic heterocycles. The first-order chi connectivity index (χ1) is 10.8. The van der Waals surface area contributed by atoms with Crippen LogP contribution < -0.4 is 4.74 Å². The van der Waals surface area contributed by atoms with Crippen LogP contribution in [0.25, 0.3) is 5.52 Å². The summed E-state index contributed by atoms with van der Waals surface area (Å²) in [6.07, 6.45) is 4.37. The third-order valence-electron chi connectivity index (χ3n) is 3.54. The highest BCUT2D eigenvalue weighted by atomic mass is 16.5. The van der Waals surface area contributed by atoms with Crippen molar-refractivity contribution in [2.24, 2.45) is 0 Å². The number of ether oxygens (including phenoxy) is 2. The predicted molar refractivity (Wildman–Crippen MR) is 84.4 cm³/mol. The second kappa shape index (κ2) is 6.35. The number of carbonyl (C=O) groups excluding carboxylic acids is 1. The SMILES string of the molecule is COc1ccc(CCOC(=O)c2ccc3cccn3c2)cc1. The molecule has 4 nitrogen and oxygen atoms in total. The molecule has 3 rings (SSSR count). The Balaban J connectivity index is 1.57. The van der Waals surface area contributed by atoms with Gasteiger partial charge in [0, 0.05) is 24.3 Å². The molecule has 0 N–H and O–H groups in total. The van der Waals surface area contributed by atoms with E-state index in [1.54, 1.807) is 19.4 Å². The van der Waals surface area contributed by atoms with Crippen molar-refractivity contribution in [3.05, 3.63) is 72.1 Å². The molecule has 3 aromatic rings. The zero-order chi connectivity index (χ0) is 15.4. The van der Waals surface area contributed by atoms with E-state index in [0.29, 0.717) is 18.6 Å². The molecule has 0 aliphatic rings. The molecule has 0 unspecified atom stereocenters. The summed E-state index contributed by atoms with van der Waals surface area (Å²) in [6, 6.07) is 15.4. The fraction of sp³-hybridized carbons (Fsp3) is 0.167. The van der Waals surface area contributed by atoms with E-state index >= 15 is 0 Å². The molecular formula is C18H17NO3. The molecule has 0 radical (unpaired) electrons. The summed E-state index contributed by atoms with van der Waals surface area (Å²) < 4.78 is 12.3. The number of esters is 1. The van der Waals surface area contributed by atoms with E-state index < -0.39 is 0 Å². The third kappa shape index (κ3) is 3.11. The fourth-order valence-corrected chi connectivity index (χ4v) is 2.29. The average Bonchev–Trinajstić information content (AvgIpc) is 3.03. The summed E-state index contributed by atoms with van der Waals surface area (Å²) in [5, 5.41) is 0.